The molecule has 1 N–H and O–H groups in total. The first kappa shape index (κ1) is 19.2. The Morgan fingerprint density at radius 2 is 1.07 bits per heavy atom. The molecule has 0 saturated heterocycles. The van der Waals surface area contributed by atoms with Crippen LogP contribution in [0.3, 0.4) is 0 Å². The molecule has 0 saturated carbocycles. The lowest BCUT2D eigenvalue weighted by atomic mass is 9.76. The highest BCUT2D eigenvalue weighted by Crippen LogP contribution is 2.42. The van der Waals surface area contributed by atoms with Crippen molar-refractivity contribution in [3.05, 3.63) is 125 Å². The standard InChI is InChI=1S/C26H26N2O/c1-20-24(25(2,3)29)27-19-28(20)26(21-13-7-4-8-14-21,22-15-9-5-10-16-22)23-17-11-6-12-18-23/h4-19,29H,1-3H3. The monoisotopic (exact) mass is 382 g/mol. The minimum absolute atomic E-state index is 0.607. The van der Waals surface area contributed by atoms with Gasteiger partial charge in [0.2, 0.25) is 0 Å². The zero-order valence-corrected chi connectivity index (χ0v) is 17.1. The Morgan fingerprint density at radius 3 is 1.38 bits per heavy atom. The third-order valence-electron chi connectivity index (χ3n) is 5.52. The Morgan fingerprint density at radius 1 is 0.690 bits per heavy atom. The summed E-state index contributed by atoms with van der Waals surface area (Å²) in [6.45, 7) is 5.59. The topological polar surface area (TPSA) is 38.1 Å². The summed E-state index contributed by atoms with van der Waals surface area (Å²) in [5, 5.41) is 10.7. The van der Waals surface area contributed by atoms with Crippen LogP contribution in [0.25, 0.3) is 0 Å². The van der Waals surface area contributed by atoms with Gasteiger partial charge in [0.1, 0.15) is 11.1 Å². The van der Waals surface area contributed by atoms with Gasteiger partial charge >= 0.3 is 0 Å². The quantitative estimate of drug-likeness (QED) is 0.478. The molecule has 29 heavy (non-hydrogen) atoms. The highest BCUT2D eigenvalue weighted by molar-refractivity contribution is 5.51. The lowest BCUT2D eigenvalue weighted by Crippen LogP contribution is -2.38. The predicted octanol–water partition coefficient (Wildman–Crippen LogP) is 5.26. The van der Waals surface area contributed by atoms with E-state index in [-0.39, 0.29) is 0 Å². The van der Waals surface area contributed by atoms with Crippen molar-refractivity contribution in [2.75, 3.05) is 0 Å². The summed E-state index contributed by atoms with van der Waals surface area (Å²) in [7, 11) is 0. The number of imidazole rings is 1. The van der Waals surface area contributed by atoms with E-state index in [2.05, 4.69) is 82.3 Å². The van der Waals surface area contributed by atoms with Crippen LogP contribution in [-0.2, 0) is 11.1 Å². The van der Waals surface area contributed by atoms with Gasteiger partial charge in [-0.2, -0.15) is 0 Å². The first-order chi connectivity index (χ1) is 14.0. The highest BCUT2D eigenvalue weighted by Gasteiger charge is 2.40. The molecule has 1 heterocycles. The summed E-state index contributed by atoms with van der Waals surface area (Å²) in [6, 6.07) is 31.5. The SMILES string of the molecule is Cc1c(C(C)(C)O)ncn1C(c1ccccc1)(c1ccccc1)c1ccccc1. The number of hydrogen-bond donors (Lipinski definition) is 1. The predicted molar refractivity (Wildman–Crippen MR) is 117 cm³/mol. The molecule has 1 aromatic heterocycles. The van der Waals surface area contributed by atoms with Crippen molar-refractivity contribution >= 4 is 0 Å². The highest BCUT2D eigenvalue weighted by atomic mass is 16.3. The number of hydrogen-bond acceptors (Lipinski definition) is 2. The minimum atomic E-state index is -1.02. The van der Waals surface area contributed by atoms with Gasteiger partial charge in [0.25, 0.3) is 0 Å². The molecule has 0 aliphatic carbocycles. The fourth-order valence-corrected chi connectivity index (χ4v) is 4.30. The van der Waals surface area contributed by atoms with Crippen molar-refractivity contribution < 1.29 is 5.11 Å². The Balaban J connectivity index is 2.14. The van der Waals surface area contributed by atoms with E-state index in [0.717, 1.165) is 22.4 Å². The zero-order valence-electron chi connectivity index (χ0n) is 17.1. The molecule has 0 atom stereocenters. The van der Waals surface area contributed by atoms with Crippen molar-refractivity contribution in [1.82, 2.24) is 9.55 Å². The largest absolute Gasteiger partial charge is 0.384 e. The van der Waals surface area contributed by atoms with E-state index in [9.17, 15) is 5.11 Å². The molecule has 3 nitrogen and oxygen atoms in total. The van der Waals surface area contributed by atoms with Crippen LogP contribution in [0.2, 0.25) is 0 Å². The van der Waals surface area contributed by atoms with Crippen LogP contribution in [-0.4, -0.2) is 14.7 Å². The molecule has 0 spiro atoms. The molecular formula is C26H26N2O. The number of nitrogens with zero attached hydrogens (tertiary/aromatic N) is 2. The molecule has 4 aromatic rings. The van der Waals surface area contributed by atoms with Gasteiger partial charge in [0, 0.05) is 5.69 Å². The van der Waals surface area contributed by atoms with Crippen LogP contribution in [0.5, 0.6) is 0 Å². The fraction of sp³-hybridized carbons (Fsp3) is 0.192. The van der Waals surface area contributed by atoms with Gasteiger partial charge in [-0.05, 0) is 37.5 Å². The Hall–Kier alpha value is -3.17. The van der Waals surface area contributed by atoms with Gasteiger partial charge in [0.15, 0.2) is 0 Å². The van der Waals surface area contributed by atoms with Crippen molar-refractivity contribution in [1.29, 1.82) is 0 Å². The number of rotatable bonds is 5. The van der Waals surface area contributed by atoms with Crippen molar-refractivity contribution in [2.24, 2.45) is 0 Å². The maximum Gasteiger partial charge on any atom is 0.121 e. The molecule has 0 amide bonds. The van der Waals surface area contributed by atoms with Gasteiger partial charge in [-0.1, -0.05) is 91.0 Å². The van der Waals surface area contributed by atoms with Crippen molar-refractivity contribution in [3.8, 4) is 0 Å². The second-order valence-corrected chi connectivity index (χ2v) is 7.92. The van der Waals surface area contributed by atoms with Crippen LogP contribution in [0, 0.1) is 6.92 Å². The number of aromatic nitrogens is 2. The Labute approximate surface area is 172 Å². The normalized spacial score (nSPS) is 12.1. The van der Waals surface area contributed by atoms with E-state index < -0.39 is 11.1 Å². The Bertz CT molecular complexity index is 981. The van der Waals surface area contributed by atoms with E-state index in [1.807, 2.05) is 31.5 Å². The lowest BCUT2D eigenvalue weighted by Gasteiger charge is -2.38. The summed E-state index contributed by atoms with van der Waals surface area (Å²) in [5.41, 5.74) is 3.41. The summed E-state index contributed by atoms with van der Waals surface area (Å²) < 4.78 is 2.19. The van der Waals surface area contributed by atoms with E-state index in [1.54, 1.807) is 13.8 Å². The van der Waals surface area contributed by atoms with Crippen molar-refractivity contribution in [3.63, 3.8) is 0 Å². The minimum Gasteiger partial charge on any atom is -0.384 e. The maximum atomic E-state index is 10.7. The van der Waals surface area contributed by atoms with E-state index in [0.29, 0.717) is 5.69 Å². The van der Waals surface area contributed by atoms with E-state index in [4.69, 9.17) is 0 Å². The summed E-state index contributed by atoms with van der Waals surface area (Å²) in [6.07, 6.45) is 1.86. The first-order valence-corrected chi connectivity index (χ1v) is 9.89. The van der Waals surface area contributed by atoms with Crippen LogP contribution in [0.4, 0.5) is 0 Å². The van der Waals surface area contributed by atoms with Gasteiger partial charge < -0.3 is 9.67 Å². The molecule has 0 aliphatic heterocycles. The molecule has 0 unspecified atom stereocenters. The van der Waals surface area contributed by atoms with Crippen LogP contribution < -0.4 is 0 Å². The molecular weight excluding hydrogens is 356 g/mol. The van der Waals surface area contributed by atoms with Gasteiger partial charge in [-0.25, -0.2) is 4.98 Å². The molecule has 146 valence electrons. The van der Waals surface area contributed by atoms with Crippen LogP contribution in [0.15, 0.2) is 97.3 Å². The Kier molecular flexibility index (Phi) is 4.85. The molecule has 0 radical (unpaired) electrons. The first-order valence-electron chi connectivity index (χ1n) is 9.89. The van der Waals surface area contributed by atoms with Crippen LogP contribution in [0.1, 0.15) is 41.9 Å². The van der Waals surface area contributed by atoms with E-state index in [1.165, 1.54) is 0 Å². The molecule has 0 bridgehead atoms. The molecule has 0 aliphatic rings. The number of aliphatic hydroxyl groups is 1. The molecule has 3 heteroatoms. The fourth-order valence-electron chi connectivity index (χ4n) is 4.30. The second kappa shape index (κ2) is 7.34. The van der Waals surface area contributed by atoms with Gasteiger partial charge in [-0.3, -0.25) is 0 Å². The molecule has 0 fully saturated rings. The van der Waals surface area contributed by atoms with Crippen molar-refractivity contribution in [2.45, 2.75) is 31.9 Å². The van der Waals surface area contributed by atoms with Crippen LogP contribution >= 0.6 is 0 Å². The van der Waals surface area contributed by atoms with E-state index >= 15 is 0 Å². The average Bonchev–Trinajstić information content (AvgIpc) is 3.13. The smallest absolute Gasteiger partial charge is 0.121 e. The molecule has 4 rings (SSSR count). The summed E-state index contributed by atoms with van der Waals surface area (Å²) in [4.78, 5) is 4.64. The maximum absolute atomic E-state index is 10.7. The zero-order chi connectivity index (χ0) is 20.5. The van der Waals surface area contributed by atoms with Gasteiger partial charge in [0.05, 0.1) is 12.0 Å². The average molecular weight is 383 g/mol. The van der Waals surface area contributed by atoms with Gasteiger partial charge in [-0.15, -0.1) is 0 Å². The lowest BCUT2D eigenvalue weighted by molar-refractivity contribution is 0.0733. The summed E-state index contributed by atoms with van der Waals surface area (Å²) in [5.74, 6) is 0. The molecule has 3 aromatic carbocycles. The third-order valence-corrected chi connectivity index (χ3v) is 5.52. The summed E-state index contributed by atoms with van der Waals surface area (Å²) >= 11 is 0. The third kappa shape index (κ3) is 3.18. The number of benzene rings is 3. The second-order valence-electron chi connectivity index (χ2n) is 7.92.